The summed E-state index contributed by atoms with van der Waals surface area (Å²) in [5.74, 6) is 0.345. The number of rotatable bonds is 4. The smallest absolute Gasteiger partial charge is 0.240 e. The van der Waals surface area contributed by atoms with Gasteiger partial charge in [0.2, 0.25) is 10.0 Å². The number of piperidine rings is 1. The maximum atomic E-state index is 12.2. The molecular weight excluding hydrogens is 310 g/mol. The van der Waals surface area contributed by atoms with Gasteiger partial charge in [-0.1, -0.05) is 0 Å². The van der Waals surface area contributed by atoms with Crippen molar-refractivity contribution < 1.29 is 8.42 Å². The number of hydrogen-bond acceptors (Lipinski definition) is 4. The van der Waals surface area contributed by atoms with Gasteiger partial charge in [0.25, 0.3) is 0 Å². The van der Waals surface area contributed by atoms with E-state index >= 15 is 0 Å². The largest absolute Gasteiger partial charge is 0.316 e. The number of nitriles is 1. The van der Waals surface area contributed by atoms with E-state index in [0.717, 1.165) is 25.9 Å². The van der Waals surface area contributed by atoms with Gasteiger partial charge in [0.05, 0.1) is 16.5 Å². The summed E-state index contributed by atoms with van der Waals surface area (Å²) >= 11 is 0. The predicted molar refractivity (Wildman–Crippen MR) is 83.9 cm³/mol. The van der Waals surface area contributed by atoms with Crippen LogP contribution < -0.4 is 10.0 Å². The number of benzene rings is 1. The first kappa shape index (κ1) is 17.9. The molecule has 1 atom stereocenters. The van der Waals surface area contributed by atoms with Crippen LogP contribution in [0.4, 0.5) is 0 Å². The maximum Gasteiger partial charge on any atom is 0.240 e. The Bertz CT molecular complexity index is 620. The van der Waals surface area contributed by atoms with E-state index in [0.29, 0.717) is 23.6 Å². The van der Waals surface area contributed by atoms with Crippen LogP contribution in [0.5, 0.6) is 0 Å². The van der Waals surface area contributed by atoms with Crippen LogP contribution in [0.15, 0.2) is 23.1 Å². The van der Waals surface area contributed by atoms with Gasteiger partial charge in [-0.3, -0.25) is 0 Å². The molecule has 116 valence electrons. The Morgan fingerprint density at radius 2 is 2.24 bits per heavy atom. The number of nitrogens with zero attached hydrogens (tertiary/aromatic N) is 1. The molecule has 0 aromatic heterocycles. The lowest BCUT2D eigenvalue weighted by molar-refractivity contribution is 0.376. The fourth-order valence-corrected chi connectivity index (χ4v) is 3.54. The molecule has 1 saturated heterocycles. The average Bonchev–Trinajstić information content (AvgIpc) is 2.46. The second-order valence-corrected chi connectivity index (χ2v) is 6.92. The molecule has 1 fully saturated rings. The van der Waals surface area contributed by atoms with Crippen LogP contribution in [-0.4, -0.2) is 28.1 Å². The van der Waals surface area contributed by atoms with Crippen molar-refractivity contribution in [2.45, 2.75) is 24.7 Å². The van der Waals surface area contributed by atoms with Gasteiger partial charge >= 0.3 is 0 Å². The van der Waals surface area contributed by atoms with Crippen LogP contribution in [-0.2, 0) is 10.0 Å². The molecule has 1 aromatic carbocycles. The molecule has 5 nitrogen and oxygen atoms in total. The van der Waals surface area contributed by atoms with Gasteiger partial charge < -0.3 is 5.32 Å². The summed E-state index contributed by atoms with van der Waals surface area (Å²) in [4.78, 5) is 0.220. The lowest BCUT2D eigenvalue weighted by atomic mass is 10.0. The summed E-state index contributed by atoms with van der Waals surface area (Å²) < 4.78 is 27.1. The number of sulfonamides is 1. The molecule has 0 bridgehead atoms. The highest BCUT2D eigenvalue weighted by Crippen LogP contribution is 2.16. The molecule has 1 unspecified atom stereocenters. The molecule has 0 aliphatic carbocycles. The Kier molecular flexibility index (Phi) is 6.62. The Morgan fingerprint density at radius 1 is 1.48 bits per heavy atom. The van der Waals surface area contributed by atoms with Crippen LogP contribution in [0.1, 0.15) is 24.0 Å². The van der Waals surface area contributed by atoms with Crippen LogP contribution in [0, 0.1) is 24.2 Å². The van der Waals surface area contributed by atoms with Crippen LogP contribution in [0.2, 0.25) is 0 Å². The van der Waals surface area contributed by atoms with Gasteiger partial charge in [-0.15, -0.1) is 12.4 Å². The van der Waals surface area contributed by atoms with Crippen molar-refractivity contribution in [1.29, 1.82) is 5.26 Å². The van der Waals surface area contributed by atoms with Crippen molar-refractivity contribution in [3.05, 3.63) is 29.3 Å². The maximum absolute atomic E-state index is 12.2. The molecule has 0 radical (unpaired) electrons. The van der Waals surface area contributed by atoms with Crippen molar-refractivity contribution in [1.82, 2.24) is 10.0 Å². The summed E-state index contributed by atoms with van der Waals surface area (Å²) in [5.41, 5.74) is 1.18. The monoisotopic (exact) mass is 329 g/mol. The fraction of sp³-hybridized carbons (Fsp3) is 0.500. The minimum atomic E-state index is -3.49. The van der Waals surface area contributed by atoms with Crippen molar-refractivity contribution in [2.75, 3.05) is 19.6 Å². The third-order valence-electron chi connectivity index (χ3n) is 3.59. The standard InChI is InChI=1S/C14H19N3O2S.ClH/c1-11-7-14(5-4-13(11)8-15)20(18,19)17-10-12-3-2-6-16-9-12;/h4-5,7,12,16-17H,2-3,6,9-10H2,1H3;1H. The number of hydrogen-bond donors (Lipinski definition) is 2. The highest BCUT2D eigenvalue weighted by molar-refractivity contribution is 7.89. The van der Waals surface area contributed by atoms with Crippen LogP contribution >= 0.6 is 12.4 Å². The first-order valence-electron chi connectivity index (χ1n) is 6.74. The quantitative estimate of drug-likeness (QED) is 0.878. The Hall–Kier alpha value is -1.13. The lowest BCUT2D eigenvalue weighted by Crippen LogP contribution is -2.38. The molecule has 0 amide bonds. The molecule has 0 spiro atoms. The van der Waals surface area contributed by atoms with E-state index in [9.17, 15) is 8.42 Å². The van der Waals surface area contributed by atoms with Crippen LogP contribution in [0.3, 0.4) is 0 Å². The van der Waals surface area contributed by atoms with E-state index in [4.69, 9.17) is 5.26 Å². The minimum absolute atomic E-state index is 0. The summed E-state index contributed by atoms with van der Waals surface area (Å²) in [7, 11) is -3.49. The molecule has 1 aromatic rings. The van der Waals surface area contributed by atoms with Crippen molar-refractivity contribution in [3.63, 3.8) is 0 Å². The summed E-state index contributed by atoms with van der Waals surface area (Å²) in [6.07, 6.45) is 2.13. The second kappa shape index (κ2) is 7.76. The zero-order valence-corrected chi connectivity index (χ0v) is 13.6. The molecule has 0 saturated carbocycles. The Balaban J connectivity index is 0.00000220. The third-order valence-corrected chi connectivity index (χ3v) is 5.01. The number of halogens is 1. The lowest BCUT2D eigenvalue weighted by Gasteiger charge is -2.22. The van der Waals surface area contributed by atoms with E-state index in [1.165, 1.54) is 6.07 Å². The van der Waals surface area contributed by atoms with Gasteiger partial charge in [0, 0.05) is 6.54 Å². The minimum Gasteiger partial charge on any atom is -0.316 e. The summed E-state index contributed by atoms with van der Waals surface area (Å²) in [6.45, 7) is 4.06. The SMILES string of the molecule is Cc1cc(S(=O)(=O)NCC2CCCNC2)ccc1C#N.Cl. The predicted octanol–water partition coefficient (Wildman–Crippen LogP) is 1.57. The van der Waals surface area contributed by atoms with Gasteiger partial charge in [0.15, 0.2) is 0 Å². The van der Waals surface area contributed by atoms with Crippen molar-refractivity contribution in [3.8, 4) is 6.07 Å². The van der Waals surface area contributed by atoms with Gasteiger partial charge in [-0.05, 0) is 62.5 Å². The van der Waals surface area contributed by atoms with E-state index in [-0.39, 0.29) is 17.3 Å². The molecule has 21 heavy (non-hydrogen) atoms. The van der Waals surface area contributed by atoms with E-state index in [2.05, 4.69) is 10.0 Å². The van der Waals surface area contributed by atoms with E-state index < -0.39 is 10.0 Å². The highest BCUT2D eigenvalue weighted by Gasteiger charge is 2.19. The molecule has 1 aliphatic heterocycles. The number of aryl methyl sites for hydroxylation is 1. The van der Waals surface area contributed by atoms with Gasteiger partial charge in [-0.25, -0.2) is 13.1 Å². The first-order chi connectivity index (χ1) is 9.53. The second-order valence-electron chi connectivity index (χ2n) is 5.15. The fourth-order valence-electron chi connectivity index (χ4n) is 2.34. The first-order valence-corrected chi connectivity index (χ1v) is 8.22. The summed E-state index contributed by atoms with van der Waals surface area (Å²) in [6, 6.07) is 6.60. The van der Waals surface area contributed by atoms with E-state index in [1.807, 2.05) is 6.07 Å². The average molecular weight is 330 g/mol. The Morgan fingerprint density at radius 3 is 2.81 bits per heavy atom. The molecule has 1 aliphatic rings. The molecule has 7 heteroatoms. The molecular formula is C14H20ClN3O2S. The summed E-state index contributed by atoms with van der Waals surface area (Å²) in [5, 5.41) is 12.1. The van der Waals surface area contributed by atoms with Gasteiger partial charge in [-0.2, -0.15) is 5.26 Å². The van der Waals surface area contributed by atoms with Crippen LogP contribution in [0.25, 0.3) is 0 Å². The van der Waals surface area contributed by atoms with Crippen molar-refractivity contribution >= 4 is 22.4 Å². The zero-order chi connectivity index (χ0) is 14.6. The third kappa shape index (κ3) is 4.68. The van der Waals surface area contributed by atoms with Gasteiger partial charge in [0.1, 0.15) is 0 Å². The normalized spacial score (nSPS) is 18.6. The molecule has 1 heterocycles. The van der Waals surface area contributed by atoms with E-state index in [1.54, 1.807) is 19.1 Å². The Labute approximate surface area is 132 Å². The number of nitrogens with one attached hydrogen (secondary N) is 2. The highest BCUT2D eigenvalue weighted by atomic mass is 35.5. The zero-order valence-electron chi connectivity index (χ0n) is 11.9. The molecule has 2 N–H and O–H groups in total. The molecule has 2 rings (SSSR count). The van der Waals surface area contributed by atoms with Crippen molar-refractivity contribution in [2.24, 2.45) is 5.92 Å². The topological polar surface area (TPSA) is 82.0 Å².